The van der Waals surface area contributed by atoms with Crippen LogP contribution in [0.3, 0.4) is 0 Å². The van der Waals surface area contributed by atoms with Crippen molar-refractivity contribution in [3.63, 3.8) is 0 Å². The van der Waals surface area contributed by atoms with E-state index in [0.717, 1.165) is 31.6 Å². The van der Waals surface area contributed by atoms with Crippen molar-refractivity contribution in [3.8, 4) is 0 Å². The van der Waals surface area contributed by atoms with Crippen molar-refractivity contribution >= 4 is 0 Å². The molecule has 0 saturated heterocycles. The maximum absolute atomic E-state index is 4.53. The minimum atomic E-state index is 0.281. The van der Waals surface area contributed by atoms with Crippen molar-refractivity contribution in [1.29, 1.82) is 0 Å². The SMILES string of the molecule is CCCNC(Cc1cc(C)nn1CC)c1ccnn1C. The predicted molar refractivity (Wildman–Crippen MR) is 80.6 cm³/mol. The third-order valence-electron chi connectivity index (χ3n) is 3.55. The second kappa shape index (κ2) is 6.70. The number of rotatable bonds is 7. The van der Waals surface area contributed by atoms with Crippen LogP contribution < -0.4 is 5.32 Å². The van der Waals surface area contributed by atoms with Gasteiger partial charge in [-0.1, -0.05) is 6.92 Å². The Morgan fingerprint density at radius 3 is 2.75 bits per heavy atom. The van der Waals surface area contributed by atoms with Crippen LogP contribution in [0.15, 0.2) is 18.3 Å². The van der Waals surface area contributed by atoms with Crippen LogP contribution in [0.2, 0.25) is 0 Å². The Morgan fingerprint density at radius 2 is 2.15 bits per heavy atom. The van der Waals surface area contributed by atoms with Crippen LogP contribution >= 0.6 is 0 Å². The minimum Gasteiger partial charge on any atom is -0.308 e. The highest BCUT2D eigenvalue weighted by Gasteiger charge is 2.17. The summed E-state index contributed by atoms with van der Waals surface area (Å²) in [5.41, 5.74) is 3.58. The molecule has 2 aromatic heterocycles. The molecule has 0 aliphatic rings. The molecule has 0 aromatic carbocycles. The van der Waals surface area contributed by atoms with Gasteiger partial charge in [0.25, 0.3) is 0 Å². The number of hydrogen-bond acceptors (Lipinski definition) is 3. The third kappa shape index (κ3) is 3.28. The lowest BCUT2D eigenvalue weighted by molar-refractivity contribution is 0.474. The lowest BCUT2D eigenvalue weighted by Gasteiger charge is -2.19. The second-order valence-electron chi connectivity index (χ2n) is 5.18. The highest BCUT2D eigenvalue weighted by atomic mass is 15.3. The minimum absolute atomic E-state index is 0.281. The van der Waals surface area contributed by atoms with E-state index >= 15 is 0 Å². The van der Waals surface area contributed by atoms with Crippen LogP contribution in [0.5, 0.6) is 0 Å². The van der Waals surface area contributed by atoms with Gasteiger partial charge in [0.2, 0.25) is 0 Å². The van der Waals surface area contributed by atoms with Crippen molar-refractivity contribution in [1.82, 2.24) is 24.9 Å². The fourth-order valence-corrected chi connectivity index (χ4v) is 2.57. The topological polar surface area (TPSA) is 47.7 Å². The van der Waals surface area contributed by atoms with Gasteiger partial charge in [-0.05, 0) is 38.9 Å². The van der Waals surface area contributed by atoms with Gasteiger partial charge in [0.1, 0.15) is 0 Å². The third-order valence-corrected chi connectivity index (χ3v) is 3.55. The zero-order chi connectivity index (χ0) is 14.5. The van der Waals surface area contributed by atoms with Crippen molar-refractivity contribution < 1.29 is 0 Å². The molecular weight excluding hydrogens is 250 g/mol. The Labute approximate surface area is 121 Å². The molecule has 0 spiro atoms. The van der Waals surface area contributed by atoms with E-state index < -0.39 is 0 Å². The summed E-state index contributed by atoms with van der Waals surface area (Å²) < 4.78 is 4.04. The van der Waals surface area contributed by atoms with E-state index in [2.05, 4.69) is 46.2 Å². The zero-order valence-electron chi connectivity index (χ0n) is 12.9. The van der Waals surface area contributed by atoms with Gasteiger partial charge in [-0.2, -0.15) is 10.2 Å². The van der Waals surface area contributed by atoms with Gasteiger partial charge in [-0.25, -0.2) is 0 Å². The Balaban J connectivity index is 2.21. The highest BCUT2D eigenvalue weighted by Crippen LogP contribution is 2.18. The summed E-state index contributed by atoms with van der Waals surface area (Å²) in [4.78, 5) is 0. The molecule has 0 aliphatic heterocycles. The van der Waals surface area contributed by atoms with Crippen LogP contribution in [0.25, 0.3) is 0 Å². The molecule has 0 amide bonds. The Bertz CT molecular complexity index is 540. The quantitative estimate of drug-likeness (QED) is 0.843. The van der Waals surface area contributed by atoms with E-state index in [4.69, 9.17) is 0 Å². The lowest BCUT2D eigenvalue weighted by Crippen LogP contribution is -2.27. The number of aryl methyl sites for hydroxylation is 3. The van der Waals surface area contributed by atoms with E-state index in [1.54, 1.807) is 0 Å². The lowest BCUT2D eigenvalue weighted by atomic mass is 10.1. The summed E-state index contributed by atoms with van der Waals surface area (Å²) in [7, 11) is 2.00. The first-order valence-electron chi connectivity index (χ1n) is 7.40. The molecule has 1 N–H and O–H groups in total. The maximum Gasteiger partial charge on any atom is 0.0596 e. The van der Waals surface area contributed by atoms with Crippen LogP contribution in [-0.4, -0.2) is 26.1 Å². The number of nitrogens with one attached hydrogen (secondary N) is 1. The number of aromatic nitrogens is 4. The van der Waals surface area contributed by atoms with E-state index in [0.29, 0.717) is 0 Å². The summed E-state index contributed by atoms with van der Waals surface area (Å²) >= 11 is 0. The van der Waals surface area contributed by atoms with Crippen molar-refractivity contribution in [3.05, 3.63) is 35.4 Å². The van der Waals surface area contributed by atoms with E-state index in [-0.39, 0.29) is 6.04 Å². The fourth-order valence-electron chi connectivity index (χ4n) is 2.57. The van der Waals surface area contributed by atoms with Crippen LogP contribution in [0.1, 0.15) is 43.4 Å². The molecule has 110 valence electrons. The summed E-state index contributed by atoms with van der Waals surface area (Å²) in [5.74, 6) is 0. The molecule has 2 rings (SSSR count). The van der Waals surface area contributed by atoms with E-state index in [1.165, 1.54) is 11.4 Å². The van der Waals surface area contributed by atoms with Gasteiger partial charge >= 0.3 is 0 Å². The summed E-state index contributed by atoms with van der Waals surface area (Å²) in [6.45, 7) is 8.29. The normalized spacial score (nSPS) is 12.8. The molecule has 1 unspecified atom stereocenters. The maximum atomic E-state index is 4.53. The first-order valence-corrected chi connectivity index (χ1v) is 7.40. The van der Waals surface area contributed by atoms with Gasteiger partial charge in [0.05, 0.1) is 17.4 Å². The largest absolute Gasteiger partial charge is 0.308 e. The summed E-state index contributed by atoms with van der Waals surface area (Å²) in [6.07, 6.45) is 3.92. The molecule has 0 saturated carbocycles. The monoisotopic (exact) mass is 275 g/mol. The van der Waals surface area contributed by atoms with E-state index in [1.807, 2.05) is 24.9 Å². The Morgan fingerprint density at radius 1 is 1.35 bits per heavy atom. The second-order valence-corrected chi connectivity index (χ2v) is 5.18. The molecule has 5 nitrogen and oxygen atoms in total. The average Bonchev–Trinajstić information content (AvgIpc) is 3.00. The highest BCUT2D eigenvalue weighted by molar-refractivity contribution is 5.15. The molecule has 0 aliphatic carbocycles. The predicted octanol–water partition coefficient (Wildman–Crippen LogP) is 2.23. The number of hydrogen-bond donors (Lipinski definition) is 1. The molecule has 0 bridgehead atoms. The Hall–Kier alpha value is -1.62. The van der Waals surface area contributed by atoms with Crippen LogP contribution in [-0.2, 0) is 20.0 Å². The van der Waals surface area contributed by atoms with Crippen molar-refractivity contribution in [2.75, 3.05) is 6.54 Å². The average molecular weight is 275 g/mol. The first-order chi connectivity index (χ1) is 9.65. The van der Waals surface area contributed by atoms with Crippen LogP contribution in [0.4, 0.5) is 0 Å². The van der Waals surface area contributed by atoms with E-state index in [9.17, 15) is 0 Å². The van der Waals surface area contributed by atoms with Gasteiger partial charge in [-0.15, -0.1) is 0 Å². The fraction of sp³-hybridized carbons (Fsp3) is 0.600. The molecule has 1 atom stereocenters. The van der Waals surface area contributed by atoms with Crippen molar-refractivity contribution in [2.45, 2.75) is 46.2 Å². The number of nitrogens with zero attached hydrogens (tertiary/aromatic N) is 4. The Kier molecular flexibility index (Phi) is 4.95. The van der Waals surface area contributed by atoms with Gasteiger partial charge in [0, 0.05) is 31.9 Å². The molecule has 2 aromatic rings. The smallest absolute Gasteiger partial charge is 0.0596 e. The molecule has 0 fully saturated rings. The van der Waals surface area contributed by atoms with Gasteiger partial charge in [0.15, 0.2) is 0 Å². The van der Waals surface area contributed by atoms with Gasteiger partial charge in [-0.3, -0.25) is 9.36 Å². The zero-order valence-corrected chi connectivity index (χ0v) is 12.9. The first kappa shape index (κ1) is 14.8. The molecule has 0 radical (unpaired) electrons. The van der Waals surface area contributed by atoms with Gasteiger partial charge < -0.3 is 5.32 Å². The molecule has 20 heavy (non-hydrogen) atoms. The standard InChI is InChI=1S/C15H25N5/c1-5-8-16-14(15-7-9-17-19(15)4)11-13-10-12(3)18-20(13)6-2/h7,9-10,14,16H,5-6,8,11H2,1-4H3. The van der Waals surface area contributed by atoms with Crippen molar-refractivity contribution in [2.24, 2.45) is 7.05 Å². The van der Waals surface area contributed by atoms with Crippen LogP contribution in [0, 0.1) is 6.92 Å². The molecular formula is C15H25N5. The molecule has 5 heteroatoms. The molecule has 2 heterocycles. The summed E-state index contributed by atoms with van der Waals surface area (Å²) in [6, 6.07) is 4.55. The summed E-state index contributed by atoms with van der Waals surface area (Å²) in [5, 5.41) is 12.4.